The van der Waals surface area contributed by atoms with Crippen LogP contribution in [0.4, 0.5) is 5.69 Å². The van der Waals surface area contributed by atoms with E-state index >= 15 is 0 Å². The van der Waals surface area contributed by atoms with Crippen LogP contribution in [0.15, 0.2) is 36.5 Å². The zero-order valence-corrected chi connectivity index (χ0v) is 15.0. The fraction of sp³-hybridized carbons (Fsp3) is 0.125. The molecule has 1 N–H and O–H groups in total. The number of thiophene rings is 1. The molecular weight excluding hydrogens is 411 g/mol. The summed E-state index contributed by atoms with van der Waals surface area (Å²) in [6, 6.07) is 9.33. The maximum atomic E-state index is 12.8. The van der Waals surface area contributed by atoms with Gasteiger partial charge in [0.15, 0.2) is 0 Å². The third-order valence-corrected chi connectivity index (χ3v) is 5.96. The summed E-state index contributed by atoms with van der Waals surface area (Å²) in [5.74, 6) is 0.0540. The first-order valence-electron chi connectivity index (χ1n) is 6.59. The van der Waals surface area contributed by atoms with Crippen molar-refractivity contribution in [3.63, 3.8) is 0 Å². The first-order chi connectivity index (χ1) is 10.5. The maximum Gasteiger partial charge on any atom is 0.269 e. The normalized spacial score (nSPS) is 10.9. The molecule has 1 aromatic carbocycles. The van der Waals surface area contributed by atoms with Crippen LogP contribution in [0.25, 0.3) is 10.2 Å². The minimum absolute atomic E-state index is 0.101. The van der Waals surface area contributed by atoms with Crippen molar-refractivity contribution in [3.8, 4) is 5.75 Å². The fourth-order valence-electron chi connectivity index (χ4n) is 2.15. The molecule has 3 rings (SSSR count). The number of pyridine rings is 1. The van der Waals surface area contributed by atoms with Gasteiger partial charge in [0.2, 0.25) is 0 Å². The molecule has 0 aliphatic carbocycles. The van der Waals surface area contributed by atoms with E-state index in [0.29, 0.717) is 15.1 Å². The summed E-state index contributed by atoms with van der Waals surface area (Å²) < 4.78 is 0.743. The Morgan fingerprint density at radius 1 is 1.27 bits per heavy atom. The van der Waals surface area contributed by atoms with E-state index in [1.165, 1.54) is 17.4 Å². The van der Waals surface area contributed by atoms with Crippen LogP contribution in [0, 0.1) is 10.5 Å². The Bertz CT molecular complexity index is 858. The fourth-order valence-corrected chi connectivity index (χ4v) is 4.45. The van der Waals surface area contributed by atoms with Crippen LogP contribution in [-0.2, 0) is 0 Å². The van der Waals surface area contributed by atoms with Gasteiger partial charge in [0.1, 0.15) is 15.5 Å². The van der Waals surface area contributed by atoms with Gasteiger partial charge in [-0.25, -0.2) is 4.98 Å². The van der Waals surface area contributed by atoms with Crippen LogP contribution < -0.4 is 4.90 Å². The number of carbonyl (C=O) groups is 1. The molecule has 0 atom stereocenters. The van der Waals surface area contributed by atoms with E-state index < -0.39 is 0 Å². The standard InChI is InChI=1S/C16H13IN2O2S/c1-9-3-5-10(6-4-9)19(2)16(21)14-13(17)12-11(20)7-8-18-15(12)22-14/h3-8H,1-2H3,(H,18,20). The van der Waals surface area contributed by atoms with Gasteiger partial charge in [-0.05, 0) is 47.7 Å². The molecule has 22 heavy (non-hydrogen) atoms. The molecule has 4 nitrogen and oxygen atoms in total. The SMILES string of the molecule is Cc1ccc(N(C)C(=O)c2sc3nccc(O)c3c2I)cc1. The topological polar surface area (TPSA) is 53.4 Å². The number of anilines is 1. The number of amides is 1. The van der Waals surface area contributed by atoms with E-state index in [1.54, 1.807) is 18.1 Å². The third kappa shape index (κ3) is 2.56. The number of aromatic nitrogens is 1. The summed E-state index contributed by atoms with van der Waals surface area (Å²) in [5.41, 5.74) is 1.98. The highest BCUT2D eigenvalue weighted by atomic mass is 127. The lowest BCUT2D eigenvalue weighted by atomic mass is 10.2. The highest BCUT2D eigenvalue weighted by molar-refractivity contribution is 14.1. The van der Waals surface area contributed by atoms with Gasteiger partial charge in [-0.15, -0.1) is 11.3 Å². The number of aromatic hydroxyl groups is 1. The van der Waals surface area contributed by atoms with Gasteiger partial charge >= 0.3 is 0 Å². The van der Waals surface area contributed by atoms with Gasteiger partial charge < -0.3 is 10.0 Å². The second-order valence-corrected chi connectivity index (χ2v) is 7.03. The van der Waals surface area contributed by atoms with Crippen molar-refractivity contribution in [2.24, 2.45) is 0 Å². The second-order valence-electron chi connectivity index (χ2n) is 4.96. The maximum absolute atomic E-state index is 12.8. The van der Waals surface area contributed by atoms with E-state index in [0.717, 1.165) is 14.8 Å². The third-order valence-electron chi connectivity index (χ3n) is 3.43. The molecule has 0 bridgehead atoms. The minimum atomic E-state index is -0.101. The van der Waals surface area contributed by atoms with Crippen molar-refractivity contribution in [1.82, 2.24) is 4.98 Å². The average molecular weight is 424 g/mol. The number of hydrogen-bond acceptors (Lipinski definition) is 4. The summed E-state index contributed by atoms with van der Waals surface area (Å²) in [4.78, 5) is 19.9. The lowest BCUT2D eigenvalue weighted by molar-refractivity contribution is 0.0996. The van der Waals surface area contributed by atoms with E-state index in [2.05, 4.69) is 27.6 Å². The Kier molecular flexibility index (Phi) is 4.05. The molecule has 0 saturated heterocycles. The van der Waals surface area contributed by atoms with Crippen LogP contribution in [0.5, 0.6) is 5.75 Å². The van der Waals surface area contributed by atoms with Crippen molar-refractivity contribution >= 4 is 55.7 Å². The number of carbonyl (C=O) groups excluding carboxylic acids is 1. The number of aryl methyl sites for hydroxylation is 1. The monoisotopic (exact) mass is 424 g/mol. The Morgan fingerprint density at radius 2 is 1.95 bits per heavy atom. The van der Waals surface area contributed by atoms with E-state index in [9.17, 15) is 9.90 Å². The Labute approximate surface area is 145 Å². The second kappa shape index (κ2) is 5.85. The Hall–Kier alpha value is -1.67. The molecule has 0 unspecified atom stereocenters. The lowest BCUT2D eigenvalue weighted by Gasteiger charge is -2.16. The molecule has 3 aromatic rings. The van der Waals surface area contributed by atoms with Gasteiger partial charge in [-0.1, -0.05) is 17.7 Å². The molecule has 0 saturated carbocycles. The highest BCUT2D eigenvalue weighted by Gasteiger charge is 2.22. The number of nitrogens with zero attached hydrogens (tertiary/aromatic N) is 2. The molecule has 0 spiro atoms. The first-order valence-corrected chi connectivity index (χ1v) is 8.49. The summed E-state index contributed by atoms with van der Waals surface area (Å²) in [6.07, 6.45) is 1.54. The van der Waals surface area contributed by atoms with Crippen molar-refractivity contribution in [2.75, 3.05) is 11.9 Å². The minimum Gasteiger partial charge on any atom is -0.507 e. The summed E-state index contributed by atoms with van der Waals surface area (Å²) in [6.45, 7) is 2.01. The van der Waals surface area contributed by atoms with Crippen LogP contribution >= 0.6 is 33.9 Å². The number of hydrogen-bond donors (Lipinski definition) is 1. The molecule has 0 radical (unpaired) electrons. The lowest BCUT2D eigenvalue weighted by Crippen LogP contribution is -2.25. The zero-order valence-electron chi connectivity index (χ0n) is 12.0. The van der Waals surface area contributed by atoms with E-state index in [4.69, 9.17) is 0 Å². The van der Waals surface area contributed by atoms with E-state index in [1.807, 2.05) is 31.2 Å². The van der Waals surface area contributed by atoms with Crippen molar-refractivity contribution < 1.29 is 9.90 Å². The van der Waals surface area contributed by atoms with Gasteiger partial charge in [0.05, 0.1) is 5.39 Å². The first kappa shape index (κ1) is 15.2. The van der Waals surface area contributed by atoms with Crippen LogP contribution in [0.1, 0.15) is 15.2 Å². The molecule has 1 amide bonds. The van der Waals surface area contributed by atoms with E-state index in [-0.39, 0.29) is 11.7 Å². The smallest absolute Gasteiger partial charge is 0.269 e. The van der Waals surface area contributed by atoms with Crippen molar-refractivity contribution in [2.45, 2.75) is 6.92 Å². The molecule has 2 heterocycles. The van der Waals surface area contributed by atoms with Crippen LogP contribution in [0.3, 0.4) is 0 Å². The van der Waals surface area contributed by atoms with Gasteiger partial charge in [-0.3, -0.25) is 4.79 Å². The Morgan fingerprint density at radius 3 is 2.59 bits per heavy atom. The van der Waals surface area contributed by atoms with Crippen LogP contribution in [0.2, 0.25) is 0 Å². The highest BCUT2D eigenvalue weighted by Crippen LogP contribution is 2.37. The predicted octanol–water partition coefficient (Wildman–Crippen LogP) is 4.19. The quantitative estimate of drug-likeness (QED) is 0.628. The number of benzene rings is 1. The molecular formula is C16H13IN2O2S. The van der Waals surface area contributed by atoms with Crippen molar-refractivity contribution in [3.05, 3.63) is 50.5 Å². The predicted molar refractivity (Wildman–Crippen MR) is 97.9 cm³/mol. The van der Waals surface area contributed by atoms with Crippen molar-refractivity contribution in [1.29, 1.82) is 0 Å². The molecule has 6 heteroatoms. The molecule has 0 aliphatic rings. The summed E-state index contributed by atoms with van der Waals surface area (Å²) in [7, 11) is 1.75. The molecule has 112 valence electrons. The average Bonchev–Trinajstić information content (AvgIpc) is 2.85. The number of halogens is 1. The van der Waals surface area contributed by atoms with Gasteiger partial charge in [0.25, 0.3) is 5.91 Å². The van der Waals surface area contributed by atoms with Crippen LogP contribution in [-0.4, -0.2) is 23.0 Å². The summed E-state index contributed by atoms with van der Waals surface area (Å²) >= 11 is 3.40. The summed E-state index contributed by atoms with van der Waals surface area (Å²) in [5, 5.41) is 10.6. The Balaban J connectivity index is 2.03. The largest absolute Gasteiger partial charge is 0.507 e. The number of rotatable bonds is 2. The zero-order chi connectivity index (χ0) is 15.9. The molecule has 0 aliphatic heterocycles. The molecule has 2 aromatic heterocycles. The molecule has 0 fully saturated rings. The van der Waals surface area contributed by atoms with Gasteiger partial charge in [-0.2, -0.15) is 0 Å². The number of fused-ring (bicyclic) bond motifs is 1. The van der Waals surface area contributed by atoms with Gasteiger partial charge in [0, 0.05) is 22.5 Å².